The van der Waals surface area contributed by atoms with E-state index in [2.05, 4.69) is 16.9 Å². The molecular weight excluding hydrogens is 366 g/mol. The van der Waals surface area contributed by atoms with Gasteiger partial charge in [0.25, 0.3) is 5.91 Å². The van der Waals surface area contributed by atoms with Gasteiger partial charge < -0.3 is 14.8 Å². The van der Waals surface area contributed by atoms with Gasteiger partial charge in [0.1, 0.15) is 12.3 Å². The first kappa shape index (κ1) is 19.2. The van der Waals surface area contributed by atoms with E-state index in [1.54, 1.807) is 0 Å². The fraction of sp³-hybridized carbons (Fsp3) is 0.421. The number of thiazole rings is 1. The van der Waals surface area contributed by atoms with Crippen LogP contribution >= 0.6 is 11.3 Å². The van der Waals surface area contributed by atoms with Crippen LogP contribution in [0, 0.1) is 0 Å². The Hall–Kier alpha value is -2.61. The molecule has 144 valence electrons. The van der Waals surface area contributed by atoms with Crippen molar-refractivity contribution < 1.29 is 19.1 Å². The molecule has 1 aliphatic heterocycles. The number of carbonyl (C=O) groups is 2. The highest BCUT2D eigenvalue weighted by molar-refractivity contribution is 7.13. The minimum absolute atomic E-state index is 0.0278. The quantitative estimate of drug-likeness (QED) is 0.725. The topological polar surface area (TPSA) is 80.8 Å². The summed E-state index contributed by atoms with van der Waals surface area (Å²) in [4.78, 5) is 30.6. The molecule has 0 saturated carbocycles. The van der Waals surface area contributed by atoms with Crippen molar-refractivity contribution in [3.8, 4) is 0 Å². The normalized spacial score (nSPS) is 16.4. The summed E-state index contributed by atoms with van der Waals surface area (Å²) in [6, 6.07) is 0. The number of ether oxygens (including phenoxy) is 2. The maximum atomic E-state index is 12.5. The summed E-state index contributed by atoms with van der Waals surface area (Å²) >= 11 is 1.33. The SMILES string of the molecule is C=C(Cc1csc(NC(=O)CN2C(=O)COC3=C2C=C(C)CC3)n1)OCC. The zero-order valence-corrected chi connectivity index (χ0v) is 16.4. The van der Waals surface area contributed by atoms with Gasteiger partial charge in [-0.2, -0.15) is 0 Å². The van der Waals surface area contributed by atoms with Crippen molar-refractivity contribution in [1.82, 2.24) is 9.88 Å². The minimum Gasteiger partial charge on any atom is -0.498 e. The third kappa shape index (κ3) is 4.77. The van der Waals surface area contributed by atoms with Crippen LogP contribution in [0.15, 0.2) is 40.8 Å². The van der Waals surface area contributed by atoms with Crippen LogP contribution in [0.1, 0.15) is 32.4 Å². The van der Waals surface area contributed by atoms with Crippen LogP contribution in [-0.4, -0.2) is 41.5 Å². The molecule has 1 aromatic heterocycles. The van der Waals surface area contributed by atoms with Crippen molar-refractivity contribution in [2.24, 2.45) is 0 Å². The highest BCUT2D eigenvalue weighted by atomic mass is 32.1. The number of carbonyl (C=O) groups excluding carboxylic acids is 2. The Labute approximate surface area is 162 Å². The van der Waals surface area contributed by atoms with Gasteiger partial charge in [-0.1, -0.05) is 12.2 Å². The summed E-state index contributed by atoms with van der Waals surface area (Å²) in [6.45, 7) is 8.20. The standard InChI is InChI=1S/C19H23N3O4S/c1-4-25-13(3)8-14-11-27-19(20-14)21-17(23)9-22-15-7-12(2)5-6-16(15)26-10-18(22)24/h7,11H,3-6,8-10H2,1-2H3,(H,20,21,23). The first-order chi connectivity index (χ1) is 13.0. The van der Waals surface area contributed by atoms with Crippen LogP contribution < -0.4 is 5.32 Å². The smallest absolute Gasteiger partial charge is 0.265 e. The Morgan fingerprint density at radius 1 is 1.48 bits per heavy atom. The van der Waals surface area contributed by atoms with E-state index in [0.29, 0.717) is 29.6 Å². The van der Waals surface area contributed by atoms with Gasteiger partial charge in [-0.05, 0) is 26.3 Å². The molecule has 0 unspecified atom stereocenters. The van der Waals surface area contributed by atoms with Crippen LogP contribution in [0.2, 0.25) is 0 Å². The van der Waals surface area contributed by atoms with Gasteiger partial charge in [0.15, 0.2) is 11.7 Å². The summed E-state index contributed by atoms with van der Waals surface area (Å²) in [6.07, 6.45) is 4.08. The average Bonchev–Trinajstić information content (AvgIpc) is 3.04. The summed E-state index contributed by atoms with van der Waals surface area (Å²) in [5.41, 5.74) is 2.64. The molecule has 0 atom stereocenters. The van der Waals surface area contributed by atoms with E-state index >= 15 is 0 Å². The number of allylic oxidation sites excluding steroid dienone is 4. The number of nitrogens with zero attached hydrogens (tertiary/aromatic N) is 2. The van der Waals surface area contributed by atoms with Crippen LogP contribution in [0.5, 0.6) is 0 Å². The molecule has 0 aromatic carbocycles. The number of amides is 2. The largest absolute Gasteiger partial charge is 0.498 e. The van der Waals surface area contributed by atoms with Crippen molar-refractivity contribution in [2.45, 2.75) is 33.1 Å². The summed E-state index contributed by atoms with van der Waals surface area (Å²) < 4.78 is 10.8. The van der Waals surface area contributed by atoms with E-state index < -0.39 is 0 Å². The zero-order chi connectivity index (χ0) is 19.4. The fourth-order valence-electron chi connectivity index (χ4n) is 2.94. The predicted octanol–water partition coefficient (Wildman–Crippen LogP) is 2.98. The lowest BCUT2D eigenvalue weighted by Gasteiger charge is -2.32. The van der Waals surface area contributed by atoms with Gasteiger partial charge in [0, 0.05) is 18.2 Å². The molecule has 3 rings (SSSR count). The molecule has 27 heavy (non-hydrogen) atoms. The third-order valence-corrected chi connectivity index (χ3v) is 5.01. The van der Waals surface area contributed by atoms with Gasteiger partial charge in [-0.3, -0.25) is 14.5 Å². The molecule has 1 N–H and O–H groups in total. The monoisotopic (exact) mass is 389 g/mol. The van der Waals surface area contributed by atoms with Gasteiger partial charge >= 0.3 is 0 Å². The molecule has 0 fully saturated rings. The average molecular weight is 389 g/mol. The van der Waals surface area contributed by atoms with E-state index in [1.165, 1.54) is 16.2 Å². The van der Waals surface area contributed by atoms with Crippen molar-refractivity contribution in [2.75, 3.05) is 25.1 Å². The second-order valence-electron chi connectivity index (χ2n) is 6.41. The van der Waals surface area contributed by atoms with Crippen molar-refractivity contribution in [3.63, 3.8) is 0 Å². The number of hydrogen-bond acceptors (Lipinski definition) is 6. The summed E-state index contributed by atoms with van der Waals surface area (Å²) in [7, 11) is 0. The number of rotatable bonds is 7. The van der Waals surface area contributed by atoms with E-state index in [-0.39, 0.29) is 25.0 Å². The van der Waals surface area contributed by atoms with Crippen LogP contribution in [-0.2, 0) is 25.5 Å². The lowest BCUT2D eigenvalue weighted by Crippen LogP contribution is -2.42. The Morgan fingerprint density at radius 3 is 3.07 bits per heavy atom. The predicted molar refractivity (Wildman–Crippen MR) is 103 cm³/mol. The van der Waals surface area contributed by atoms with Gasteiger partial charge in [0.2, 0.25) is 5.91 Å². The van der Waals surface area contributed by atoms with Crippen LogP contribution in [0.3, 0.4) is 0 Å². The summed E-state index contributed by atoms with van der Waals surface area (Å²) in [5.74, 6) is 0.901. The van der Waals surface area contributed by atoms with Crippen molar-refractivity contribution >= 4 is 28.3 Å². The molecule has 1 aliphatic carbocycles. The molecule has 2 heterocycles. The minimum atomic E-state index is -0.293. The lowest BCUT2D eigenvalue weighted by atomic mass is 10.0. The van der Waals surface area contributed by atoms with E-state index in [0.717, 1.165) is 29.9 Å². The number of nitrogens with one attached hydrogen (secondary N) is 1. The van der Waals surface area contributed by atoms with Crippen LogP contribution in [0.4, 0.5) is 5.13 Å². The zero-order valence-electron chi connectivity index (χ0n) is 15.5. The van der Waals surface area contributed by atoms with E-state index in [9.17, 15) is 9.59 Å². The fourth-order valence-corrected chi connectivity index (χ4v) is 3.67. The third-order valence-electron chi connectivity index (χ3n) is 4.20. The Balaban J connectivity index is 1.63. The molecule has 0 bridgehead atoms. The van der Waals surface area contributed by atoms with Gasteiger partial charge in [0.05, 0.1) is 23.8 Å². The second-order valence-corrected chi connectivity index (χ2v) is 7.27. The van der Waals surface area contributed by atoms with Crippen LogP contribution in [0.25, 0.3) is 0 Å². The Bertz CT molecular complexity index is 825. The van der Waals surface area contributed by atoms with Gasteiger partial charge in [-0.15, -0.1) is 11.3 Å². The molecule has 0 radical (unpaired) electrons. The molecule has 2 amide bonds. The van der Waals surface area contributed by atoms with Crippen molar-refractivity contribution in [3.05, 3.63) is 46.5 Å². The highest BCUT2D eigenvalue weighted by Gasteiger charge is 2.30. The molecule has 1 aromatic rings. The highest BCUT2D eigenvalue weighted by Crippen LogP contribution is 2.30. The summed E-state index contributed by atoms with van der Waals surface area (Å²) in [5, 5.41) is 5.11. The second kappa shape index (κ2) is 8.39. The van der Waals surface area contributed by atoms with Crippen molar-refractivity contribution in [1.29, 1.82) is 0 Å². The first-order valence-corrected chi connectivity index (χ1v) is 9.72. The number of aromatic nitrogens is 1. The first-order valence-electron chi connectivity index (χ1n) is 8.84. The maximum Gasteiger partial charge on any atom is 0.265 e. The molecule has 7 nitrogen and oxygen atoms in total. The Morgan fingerprint density at radius 2 is 2.30 bits per heavy atom. The molecule has 8 heteroatoms. The number of anilines is 1. The maximum absolute atomic E-state index is 12.5. The van der Waals surface area contributed by atoms with E-state index in [1.807, 2.05) is 25.3 Å². The Kier molecular flexibility index (Phi) is 5.95. The number of hydrogen-bond donors (Lipinski definition) is 1. The van der Waals surface area contributed by atoms with E-state index in [4.69, 9.17) is 9.47 Å². The molecular formula is C19H23N3O4S. The lowest BCUT2D eigenvalue weighted by molar-refractivity contribution is -0.138. The molecule has 0 saturated heterocycles. The molecule has 2 aliphatic rings. The molecule has 0 spiro atoms. The van der Waals surface area contributed by atoms with Gasteiger partial charge in [-0.25, -0.2) is 4.98 Å².